The number of aryl methyl sites for hydroxylation is 1. The van der Waals surface area contributed by atoms with Gasteiger partial charge in [-0.05, 0) is 19.1 Å². The van der Waals surface area contributed by atoms with Gasteiger partial charge in [0.25, 0.3) is 11.6 Å². The number of methoxy groups -OCH3 is 1. The van der Waals surface area contributed by atoms with Crippen molar-refractivity contribution >= 4 is 0 Å². The van der Waals surface area contributed by atoms with Gasteiger partial charge in [0.15, 0.2) is 0 Å². The van der Waals surface area contributed by atoms with Crippen LogP contribution < -0.4 is 10.3 Å². The number of nitrogens with zero attached hydrogens (tertiary/aromatic N) is 3. The van der Waals surface area contributed by atoms with Gasteiger partial charge in [0.05, 0.1) is 19.3 Å². The first-order valence-electron chi connectivity index (χ1n) is 5.23. The summed E-state index contributed by atoms with van der Waals surface area (Å²) in [6.45, 7) is 2.12. The van der Waals surface area contributed by atoms with Crippen LogP contribution in [-0.2, 0) is 6.54 Å². The van der Waals surface area contributed by atoms with E-state index >= 15 is 0 Å². The Morgan fingerprint density at radius 2 is 2.24 bits per heavy atom. The van der Waals surface area contributed by atoms with Crippen molar-refractivity contribution in [2.75, 3.05) is 7.11 Å². The van der Waals surface area contributed by atoms with Gasteiger partial charge in [0.2, 0.25) is 0 Å². The van der Waals surface area contributed by atoms with E-state index in [2.05, 4.69) is 9.97 Å². The molecular formula is C12H13N3O2. The normalized spacial score (nSPS) is 10.2. The average molecular weight is 231 g/mol. The molecule has 0 saturated carbocycles. The molecule has 0 aromatic carbocycles. The van der Waals surface area contributed by atoms with Crippen LogP contribution in [0, 0.1) is 6.92 Å². The zero-order valence-corrected chi connectivity index (χ0v) is 9.75. The molecule has 0 aliphatic rings. The van der Waals surface area contributed by atoms with Crippen molar-refractivity contribution in [1.82, 2.24) is 14.5 Å². The Labute approximate surface area is 98.7 Å². The molecule has 0 aliphatic carbocycles. The van der Waals surface area contributed by atoms with E-state index in [9.17, 15) is 4.79 Å². The lowest BCUT2D eigenvalue weighted by Crippen LogP contribution is -2.23. The fraction of sp³-hybridized carbons (Fsp3) is 0.250. The van der Waals surface area contributed by atoms with Crippen molar-refractivity contribution in [1.29, 1.82) is 0 Å². The van der Waals surface area contributed by atoms with Gasteiger partial charge in [-0.25, -0.2) is 4.98 Å². The summed E-state index contributed by atoms with van der Waals surface area (Å²) in [4.78, 5) is 20.2. The Morgan fingerprint density at radius 1 is 1.41 bits per heavy atom. The van der Waals surface area contributed by atoms with Crippen LogP contribution in [0.2, 0.25) is 0 Å². The van der Waals surface area contributed by atoms with E-state index in [1.165, 1.54) is 17.7 Å². The zero-order valence-electron chi connectivity index (χ0n) is 9.75. The highest BCUT2D eigenvalue weighted by Gasteiger charge is 2.08. The molecule has 17 heavy (non-hydrogen) atoms. The molecule has 88 valence electrons. The topological polar surface area (TPSA) is 57.0 Å². The Kier molecular flexibility index (Phi) is 3.18. The Balaban J connectivity index is 2.42. The maximum absolute atomic E-state index is 11.8. The molecule has 0 unspecified atom stereocenters. The van der Waals surface area contributed by atoms with Crippen LogP contribution in [0.25, 0.3) is 0 Å². The second-order valence-electron chi connectivity index (χ2n) is 3.63. The zero-order chi connectivity index (χ0) is 12.3. The molecule has 2 aromatic rings. The van der Waals surface area contributed by atoms with Crippen LogP contribution >= 0.6 is 0 Å². The highest BCUT2D eigenvalue weighted by molar-refractivity contribution is 5.11. The molecule has 0 radical (unpaired) electrons. The van der Waals surface area contributed by atoms with Crippen LogP contribution in [0.1, 0.15) is 11.4 Å². The molecule has 0 saturated heterocycles. The summed E-state index contributed by atoms with van der Waals surface area (Å²) in [6, 6.07) is 7.34. The summed E-state index contributed by atoms with van der Waals surface area (Å²) in [6.07, 6.45) is 1.69. The molecule has 0 fully saturated rings. The van der Waals surface area contributed by atoms with E-state index in [4.69, 9.17) is 4.74 Å². The highest BCUT2D eigenvalue weighted by atomic mass is 16.5. The monoisotopic (exact) mass is 231 g/mol. The standard InChI is InChI=1S/C12H13N3O2/c1-9-7-11(16)15(12(14-9)17-2)8-10-5-3-4-6-13-10/h3-7H,8H2,1-2H3. The molecule has 0 atom stereocenters. The van der Waals surface area contributed by atoms with E-state index in [1.54, 1.807) is 13.1 Å². The second kappa shape index (κ2) is 4.78. The molecule has 5 nitrogen and oxygen atoms in total. The summed E-state index contributed by atoms with van der Waals surface area (Å²) < 4.78 is 6.56. The molecule has 2 heterocycles. The van der Waals surface area contributed by atoms with Gasteiger partial charge in [0, 0.05) is 18.0 Å². The Morgan fingerprint density at radius 3 is 2.88 bits per heavy atom. The van der Waals surface area contributed by atoms with E-state index in [0.717, 1.165) is 5.69 Å². The number of rotatable bonds is 3. The summed E-state index contributed by atoms with van der Waals surface area (Å²) in [5.74, 6) is 0. The summed E-state index contributed by atoms with van der Waals surface area (Å²) in [7, 11) is 1.50. The SMILES string of the molecule is COc1nc(C)cc(=O)n1Cc1ccccn1. The summed E-state index contributed by atoms with van der Waals surface area (Å²) in [5.41, 5.74) is 1.29. The smallest absolute Gasteiger partial charge is 0.299 e. The third kappa shape index (κ3) is 2.50. The van der Waals surface area contributed by atoms with Crippen molar-refractivity contribution in [2.24, 2.45) is 0 Å². The molecule has 0 aliphatic heterocycles. The van der Waals surface area contributed by atoms with E-state index in [1.807, 2.05) is 18.2 Å². The molecule has 0 amide bonds. The lowest BCUT2D eigenvalue weighted by Gasteiger charge is -2.10. The van der Waals surface area contributed by atoms with Gasteiger partial charge in [0.1, 0.15) is 0 Å². The minimum atomic E-state index is -0.139. The lowest BCUT2D eigenvalue weighted by atomic mass is 10.3. The van der Waals surface area contributed by atoms with E-state index < -0.39 is 0 Å². The predicted molar refractivity (Wildman–Crippen MR) is 63.1 cm³/mol. The highest BCUT2D eigenvalue weighted by Crippen LogP contribution is 2.06. The molecule has 2 aromatic heterocycles. The second-order valence-corrected chi connectivity index (χ2v) is 3.63. The number of hydrogen-bond acceptors (Lipinski definition) is 4. The first kappa shape index (κ1) is 11.3. The van der Waals surface area contributed by atoms with E-state index in [0.29, 0.717) is 18.2 Å². The van der Waals surface area contributed by atoms with Crippen LogP contribution in [0.15, 0.2) is 35.3 Å². The summed E-state index contributed by atoms with van der Waals surface area (Å²) >= 11 is 0. The van der Waals surface area contributed by atoms with Crippen molar-refractivity contribution in [2.45, 2.75) is 13.5 Å². The first-order valence-corrected chi connectivity index (χ1v) is 5.23. The minimum Gasteiger partial charge on any atom is -0.468 e. The van der Waals surface area contributed by atoms with Gasteiger partial charge < -0.3 is 4.74 Å². The molecular weight excluding hydrogens is 218 g/mol. The van der Waals surface area contributed by atoms with Crippen molar-refractivity contribution < 1.29 is 4.74 Å². The molecule has 5 heteroatoms. The molecule has 2 rings (SSSR count). The molecule has 0 N–H and O–H groups in total. The van der Waals surface area contributed by atoms with Gasteiger partial charge in [-0.2, -0.15) is 0 Å². The quantitative estimate of drug-likeness (QED) is 0.790. The maximum atomic E-state index is 11.8. The molecule has 0 spiro atoms. The number of ether oxygens (including phenoxy) is 1. The minimum absolute atomic E-state index is 0.139. The van der Waals surface area contributed by atoms with Crippen molar-refractivity contribution in [3.8, 4) is 6.01 Å². The van der Waals surface area contributed by atoms with Gasteiger partial charge in [-0.3, -0.25) is 14.3 Å². The third-order valence-electron chi connectivity index (χ3n) is 2.33. The number of hydrogen-bond donors (Lipinski definition) is 0. The Hall–Kier alpha value is -2.17. The maximum Gasteiger partial charge on any atom is 0.299 e. The summed E-state index contributed by atoms with van der Waals surface area (Å²) in [5, 5.41) is 0. The predicted octanol–water partition coefficient (Wildman–Crippen LogP) is 1.00. The van der Waals surface area contributed by atoms with Crippen LogP contribution in [0.4, 0.5) is 0 Å². The van der Waals surface area contributed by atoms with Gasteiger partial charge >= 0.3 is 0 Å². The largest absolute Gasteiger partial charge is 0.468 e. The number of aromatic nitrogens is 3. The van der Waals surface area contributed by atoms with Crippen LogP contribution in [0.3, 0.4) is 0 Å². The lowest BCUT2D eigenvalue weighted by molar-refractivity contribution is 0.349. The molecule has 0 bridgehead atoms. The van der Waals surface area contributed by atoms with Gasteiger partial charge in [-0.1, -0.05) is 6.07 Å². The van der Waals surface area contributed by atoms with Crippen LogP contribution in [-0.4, -0.2) is 21.6 Å². The Bertz CT molecular complexity index is 564. The number of pyridine rings is 1. The fourth-order valence-corrected chi connectivity index (χ4v) is 1.55. The van der Waals surface area contributed by atoms with Gasteiger partial charge in [-0.15, -0.1) is 0 Å². The van der Waals surface area contributed by atoms with E-state index in [-0.39, 0.29) is 5.56 Å². The average Bonchev–Trinajstić information content (AvgIpc) is 2.33. The fourth-order valence-electron chi connectivity index (χ4n) is 1.55. The van der Waals surface area contributed by atoms with Crippen LogP contribution in [0.5, 0.6) is 6.01 Å². The van der Waals surface area contributed by atoms with Crippen molar-refractivity contribution in [3.05, 3.63) is 52.2 Å². The third-order valence-corrected chi connectivity index (χ3v) is 2.33. The van der Waals surface area contributed by atoms with Crippen molar-refractivity contribution in [3.63, 3.8) is 0 Å². The first-order chi connectivity index (χ1) is 8.20.